The SMILES string of the molecule is CCC[N+]12[C@H](O)[C@@H](CC)[C@@H]3C[C@H]1[C@@H]1N(C)c4ccccc4[C@]14C[C@H]2C3C4O.O=C([O-])[C@H](O)[C@@H](O)C(=O)O. The molecule has 204 valence electrons. The molecule has 5 fully saturated rings. The van der Waals surface area contributed by atoms with Gasteiger partial charge in [-0.2, -0.15) is 0 Å². The van der Waals surface area contributed by atoms with E-state index in [1.807, 2.05) is 0 Å². The monoisotopic (exact) mass is 518 g/mol. The maximum atomic E-state index is 11.9. The summed E-state index contributed by atoms with van der Waals surface area (Å²) in [5.74, 6) is -2.65. The Labute approximate surface area is 216 Å². The van der Waals surface area contributed by atoms with E-state index in [0.29, 0.717) is 35.9 Å². The molecule has 12 atom stereocenters. The number of likely N-dealkylation sites (N-methyl/N-ethyl adjacent to an activating group) is 1. The number of carboxylic acids is 2. The van der Waals surface area contributed by atoms with Crippen molar-refractivity contribution in [1.82, 2.24) is 0 Å². The molecular formula is C27H38N2O8. The number of carboxylic acid groups (broad SMARTS) is 2. The third-order valence-electron chi connectivity index (χ3n) is 10.5. The Morgan fingerprint density at radius 3 is 2.41 bits per heavy atom. The standard InChI is InChI=1S/C23H33N2O2.C4H6O6/c1-4-10-25-17-11-14(13(5-2)22(25)27)19-18(25)12-23(21(19)26)15-8-6-7-9-16(15)24(3)20(17)23;5-1(3(7)8)2(6)4(9)10/h6-9,13-14,17-22,26-27H,4-5,10-12H2,1-3H3;1-2,5-6H,(H,7,8)(H,9,10)/q+1;/p-1/t13-,14-,17-,18-,19?,20-,21?,22+,23+,25?;1-,2-/m01/s1. The molecule has 5 heterocycles. The van der Waals surface area contributed by atoms with Gasteiger partial charge in [0.15, 0.2) is 12.3 Å². The summed E-state index contributed by atoms with van der Waals surface area (Å²) >= 11 is 0. The zero-order chi connectivity index (χ0) is 27.0. The van der Waals surface area contributed by atoms with Gasteiger partial charge in [0, 0.05) is 37.4 Å². The number of hydrogen-bond donors (Lipinski definition) is 5. The Kier molecular flexibility index (Phi) is 6.35. The van der Waals surface area contributed by atoms with Crippen molar-refractivity contribution in [3.05, 3.63) is 29.8 Å². The van der Waals surface area contributed by atoms with E-state index >= 15 is 0 Å². The Hall–Kier alpha value is -2.24. The second-order valence-electron chi connectivity index (χ2n) is 11.6. The van der Waals surface area contributed by atoms with Gasteiger partial charge < -0.3 is 40.3 Å². The predicted molar refractivity (Wildman–Crippen MR) is 130 cm³/mol. The zero-order valence-electron chi connectivity index (χ0n) is 21.5. The van der Waals surface area contributed by atoms with Crippen molar-refractivity contribution in [2.24, 2.45) is 17.8 Å². The third-order valence-corrected chi connectivity index (χ3v) is 10.5. The minimum atomic E-state index is -2.38. The van der Waals surface area contributed by atoms with Crippen molar-refractivity contribution in [3.8, 4) is 0 Å². The summed E-state index contributed by atoms with van der Waals surface area (Å²) in [6.45, 7) is 5.56. The molecule has 4 saturated heterocycles. The Morgan fingerprint density at radius 1 is 1.16 bits per heavy atom. The van der Waals surface area contributed by atoms with Crippen molar-refractivity contribution < 1.29 is 44.7 Å². The number of benzene rings is 1. The first kappa shape index (κ1) is 26.4. The first-order valence-electron chi connectivity index (χ1n) is 13.4. The average Bonchev–Trinajstić information content (AvgIpc) is 3.26. The number of hydrogen-bond acceptors (Lipinski definition) is 8. The lowest BCUT2D eigenvalue weighted by atomic mass is 9.60. The molecule has 1 aliphatic carbocycles. The van der Waals surface area contributed by atoms with E-state index in [1.54, 1.807) is 0 Å². The summed E-state index contributed by atoms with van der Waals surface area (Å²) in [6.07, 6.45) is -0.869. The van der Waals surface area contributed by atoms with Crippen molar-refractivity contribution in [1.29, 1.82) is 0 Å². The van der Waals surface area contributed by atoms with Crippen LogP contribution in [0.25, 0.3) is 0 Å². The molecular weight excluding hydrogens is 480 g/mol. The molecule has 37 heavy (non-hydrogen) atoms. The van der Waals surface area contributed by atoms with E-state index in [0.717, 1.165) is 30.3 Å². The third kappa shape index (κ3) is 3.16. The Bertz CT molecular complexity index is 1070. The number of aliphatic hydroxyl groups is 4. The molecule has 1 aromatic rings. The molecule has 1 saturated carbocycles. The van der Waals surface area contributed by atoms with Gasteiger partial charge in [-0.3, -0.25) is 4.48 Å². The van der Waals surface area contributed by atoms with E-state index in [9.17, 15) is 24.9 Å². The highest BCUT2D eigenvalue weighted by molar-refractivity contribution is 5.82. The predicted octanol–water partition coefficient (Wildman–Crippen LogP) is -0.978. The first-order valence-corrected chi connectivity index (χ1v) is 13.4. The van der Waals surface area contributed by atoms with Crippen molar-refractivity contribution >= 4 is 17.6 Å². The van der Waals surface area contributed by atoms with Crippen molar-refractivity contribution in [2.45, 2.75) is 87.6 Å². The lowest BCUT2D eigenvalue weighted by Gasteiger charge is -2.68. The zero-order valence-corrected chi connectivity index (χ0v) is 21.5. The number of para-hydroxylation sites is 1. The van der Waals surface area contributed by atoms with Gasteiger partial charge in [0.05, 0.1) is 36.1 Å². The molecule has 5 aliphatic heterocycles. The molecule has 0 aromatic heterocycles. The number of aliphatic carboxylic acids is 2. The molecule has 0 amide bonds. The molecule has 0 radical (unpaired) electrons. The second kappa shape index (κ2) is 8.91. The highest BCUT2D eigenvalue weighted by atomic mass is 16.4. The summed E-state index contributed by atoms with van der Waals surface area (Å²) in [5, 5.41) is 57.7. The maximum absolute atomic E-state index is 11.9. The van der Waals surface area contributed by atoms with Crippen LogP contribution in [0.1, 0.15) is 45.1 Å². The minimum Gasteiger partial charge on any atom is -0.547 e. The molecule has 3 unspecified atom stereocenters. The van der Waals surface area contributed by atoms with Gasteiger partial charge in [-0.1, -0.05) is 32.0 Å². The molecule has 10 heteroatoms. The summed E-state index contributed by atoms with van der Waals surface area (Å²) in [7, 11) is 2.23. The van der Waals surface area contributed by atoms with E-state index in [4.69, 9.17) is 15.3 Å². The fourth-order valence-electron chi connectivity index (χ4n) is 9.49. The van der Waals surface area contributed by atoms with Crippen LogP contribution in [0.5, 0.6) is 0 Å². The molecule has 7 rings (SSSR count). The highest BCUT2D eigenvalue weighted by Gasteiger charge is 2.82. The largest absolute Gasteiger partial charge is 0.547 e. The molecule has 6 aliphatic rings. The van der Waals surface area contributed by atoms with Crippen molar-refractivity contribution in [2.75, 3.05) is 18.5 Å². The van der Waals surface area contributed by atoms with Gasteiger partial charge in [0.1, 0.15) is 12.1 Å². The number of quaternary nitrogens is 1. The van der Waals surface area contributed by atoms with Gasteiger partial charge >= 0.3 is 5.97 Å². The highest BCUT2D eigenvalue weighted by Crippen LogP contribution is 2.71. The van der Waals surface area contributed by atoms with Crippen LogP contribution in [0.4, 0.5) is 5.69 Å². The van der Waals surface area contributed by atoms with Crippen molar-refractivity contribution in [3.63, 3.8) is 0 Å². The van der Waals surface area contributed by atoms with Gasteiger partial charge in [-0.05, 0) is 30.4 Å². The van der Waals surface area contributed by atoms with Gasteiger partial charge in [0.25, 0.3) is 0 Å². The topological polar surface area (TPSA) is 162 Å². The average molecular weight is 519 g/mol. The Balaban J connectivity index is 0.000000241. The number of piperidine rings is 4. The van der Waals surface area contributed by atoms with Gasteiger partial charge in [0.2, 0.25) is 0 Å². The summed E-state index contributed by atoms with van der Waals surface area (Å²) in [4.78, 5) is 21.9. The number of carbonyl (C=O) groups excluding carboxylic acids is 1. The lowest BCUT2D eigenvalue weighted by molar-refractivity contribution is -1.04. The minimum absolute atomic E-state index is 0.127. The number of anilines is 1. The fraction of sp³-hybridized carbons (Fsp3) is 0.704. The number of nitrogens with zero attached hydrogens (tertiary/aromatic N) is 2. The number of fused-ring (bicyclic) bond motifs is 2. The van der Waals surface area contributed by atoms with Gasteiger partial charge in [-0.25, -0.2) is 4.79 Å². The molecule has 5 bridgehead atoms. The van der Waals surface area contributed by atoms with Crippen LogP contribution in [-0.4, -0.2) is 98.2 Å². The van der Waals surface area contributed by atoms with Gasteiger partial charge in [-0.15, -0.1) is 0 Å². The summed E-state index contributed by atoms with van der Waals surface area (Å²) < 4.78 is 0.873. The fourth-order valence-corrected chi connectivity index (χ4v) is 9.49. The maximum Gasteiger partial charge on any atom is 0.335 e. The second-order valence-corrected chi connectivity index (χ2v) is 11.6. The van der Waals surface area contributed by atoms with Crippen LogP contribution in [0.15, 0.2) is 24.3 Å². The number of aliphatic hydroxyl groups excluding tert-OH is 4. The quantitative estimate of drug-likeness (QED) is 0.298. The molecule has 1 spiro atoms. The van der Waals surface area contributed by atoms with Crippen LogP contribution in [0.3, 0.4) is 0 Å². The van der Waals surface area contributed by atoms with E-state index in [-0.39, 0.29) is 17.7 Å². The number of rotatable bonds is 6. The molecule has 1 aromatic carbocycles. The summed E-state index contributed by atoms with van der Waals surface area (Å²) in [6, 6.07) is 9.97. The smallest absolute Gasteiger partial charge is 0.335 e. The lowest BCUT2D eigenvalue weighted by Crippen LogP contribution is -2.83. The molecule has 5 N–H and O–H groups in total. The van der Waals surface area contributed by atoms with Crippen LogP contribution in [0.2, 0.25) is 0 Å². The normalized spacial score (nSPS) is 43.5. The van der Waals surface area contributed by atoms with Crippen LogP contribution in [0, 0.1) is 17.8 Å². The number of carbonyl (C=O) groups is 2. The van der Waals surface area contributed by atoms with E-state index in [2.05, 4.69) is 50.1 Å². The van der Waals surface area contributed by atoms with E-state index < -0.39 is 24.1 Å². The Morgan fingerprint density at radius 2 is 1.84 bits per heavy atom. The van der Waals surface area contributed by atoms with Crippen LogP contribution in [-0.2, 0) is 15.0 Å². The first-order chi connectivity index (χ1) is 17.5. The molecule has 10 nitrogen and oxygen atoms in total. The van der Waals surface area contributed by atoms with Crippen LogP contribution >= 0.6 is 0 Å². The van der Waals surface area contributed by atoms with Crippen LogP contribution < -0.4 is 10.0 Å². The summed E-state index contributed by atoms with van der Waals surface area (Å²) in [5.41, 5.74) is 2.56. The van der Waals surface area contributed by atoms with E-state index in [1.165, 1.54) is 17.7 Å².